The van der Waals surface area contributed by atoms with Crippen molar-refractivity contribution >= 4 is 85.4 Å². The standard InChI is InChI=1S/C29F13N5.C16H6N4.3C9H4F6O2.Bi/c1-46-28(14-21(36)15(30)8(5-45)16(31)22(14)37)13-9(6(3-43)11-17(32)23(38)25(40)24(39)18(11)33)10(13)7(4-44)12-19(34)26(41)29(47-2)27(42)20(12)35;17-7-15(8-18)13-3-1-11-5-14(16(9-19)10-20)4-2-12(11)6-13;3*10-8(11,12)5-1-4(7(16)17)2-6(3-5)9(13,14)15;/h;1-6H;3*1-3H,(H,16,17);/q;;;;;+3/p-3. The van der Waals surface area contributed by atoms with Gasteiger partial charge in [0.05, 0.1) is 41.0 Å². The molecular formula is C72H15BiF31N9O6. The Kier molecular flexibility index (Phi) is 26.6. The predicted octanol–water partition coefficient (Wildman–Crippen LogP) is 19.4. The van der Waals surface area contributed by atoms with Crippen LogP contribution in [0.4, 0.5) is 142 Å². The van der Waals surface area contributed by atoms with E-state index in [1.807, 2.05) is 24.3 Å². The molecule has 0 bridgehead atoms. The van der Waals surface area contributed by atoms with Gasteiger partial charge in [-0.1, -0.05) is 24.3 Å². The van der Waals surface area contributed by atoms with Crippen LogP contribution in [0, 0.1) is 168 Å². The summed E-state index contributed by atoms with van der Waals surface area (Å²) in [5.74, 6) is -40.8. The van der Waals surface area contributed by atoms with Crippen LogP contribution < -0.4 is 10.4 Å². The van der Waals surface area contributed by atoms with Gasteiger partial charge in [-0.25, -0.2) is 66.8 Å². The number of nitrogens with zero attached hydrogens (tertiary/aromatic N) is 9. The Morgan fingerprint density at radius 1 is 0.328 bits per heavy atom. The average Bonchev–Trinajstić information content (AvgIpc) is 1.54. The molecule has 0 unspecified atom stereocenters. The first-order valence-corrected chi connectivity index (χ1v) is 34.0. The van der Waals surface area contributed by atoms with Crippen LogP contribution in [0.3, 0.4) is 0 Å². The number of nitriles is 7. The van der Waals surface area contributed by atoms with Crippen molar-refractivity contribution in [3.63, 3.8) is 0 Å². The zero-order valence-corrected chi connectivity index (χ0v) is 59.3. The van der Waals surface area contributed by atoms with E-state index in [1.165, 1.54) is 0 Å². The quantitative estimate of drug-likeness (QED) is 0.0326. The Labute approximate surface area is 647 Å². The van der Waals surface area contributed by atoms with Crippen molar-refractivity contribution in [2.75, 3.05) is 0 Å². The molecule has 0 radical (unpaired) electrons. The zero-order valence-electron chi connectivity index (χ0n) is 55.8. The molecule has 119 heavy (non-hydrogen) atoms. The summed E-state index contributed by atoms with van der Waals surface area (Å²) in [5.41, 5.74) is -38.0. The molecule has 1 fully saturated rings. The van der Waals surface area contributed by atoms with Gasteiger partial charge in [0.25, 0.3) is 5.69 Å². The molecule has 0 heterocycles. The van der Waals surface area contributed by atoms with E-state index in [9.17, 15) is 161 Å². The van der Waals surface area contributed by atoms with Crippen LogP contribution in [0.25, 0.3) is 48.5 Å². The molecule has 0 N–H and O–H groups in total. The third kappa shape index (κ3) is 19.2. The molecule has 8 aromatic rings. The normalized spacial score (nSPS) is 13.2. The van der Waals surface area contributed by atoms with E-state index in [-0.39, 0.29) is 47.5 Å². The first-order valence-electron chi connectivity index (χ1n) is 29.8. The van der Waals surface area contributed by atoms with Crippen molar-refractivity contribution in [1.29, 1.82) is 36.8 Å². The van der Waals surface area contributed by atoms with Crippen LogP contribution in [-0.4, -0.2) is 41.0 Å². The molecule has 606 valence electrons. The van der Waals surface area contributed by atoms with E-state index in [0.717, 1.165) is 29.0 Å². The Morgan fingerprint density at radius 3 is 0.824 bits per heavy atom. The fraction of sp³-hybridized carbons (Fsp3) is 0.0833. The third-order valence-electron chi connectivity index (χ3n) is 15.2. The smallest absolute Gasteiger partial charge is 0.237 e. The molecule has 0 saturated heterocycles. The van der Waals surface area contributed by atoms with Crippen LogP contribution in [-0.2, 0) is 45.5 Å². The molecule has 1 aliphatic carbocycles. The number of allylic oxidation sites excluding steroid dienone is 5. The third-order valence-corrected chi connectivity index (χ3v) is 18.9. The minimum absolute atomic E-state index is 0.0530. The van der Waals surface area contributed by atoms with Gasteiger partial charge in [0, 0.05) is 10.4 Å². The van der Waals surface area contributed by atoms with E-state index in [2.05, 4.69) is 18.1 Å². The maximum Gasteiger partial charge on any atom is 0.262 e. The second-order valence-electron chi connectivity index (χ2n) is 22.4. The number of benzene rings is 8. The van der Waals surface area contributed by atoms with Crippen molar-refractivity contribution in [3.8, 4) is 42.5 Å². The second kappa shape index (κ2) is 34.5. The molecule has 9 rings (SSSR count). The van der Waals surface area contributed by atoms with Gasteiger partial charge in [-0.2, -0.15) is 36.8 Å². The molecule has 1 saturated carbocycles. The molecular weight excluding hydrogens is 1880 g/mol. The number of hydrogen-bond donors (Lipinski definition) is 0. The first kappa shape index (κ1) is 91.7. The van der Waals surface area contributed by atoms with Crippen molar-refractivity contribution in [2.45, 2.75) is 37.1 Å². The van der Waals surface area contributed by atoms with Crippen LogP contribution >= 0.6 is 0 Å². The largest absolute Gasteiger partial charge is 0.262 e. The van der Waals surface area contributed by atoms with E-state index >= 15 is 0 Å². The van der Waals surface area contributed by atoms with Gasteiger partial charge < -0.3 is 0 Å². The monoisotopic (exact) mass is 1900 g/mol. The maximum absolute atomic E-state index is 15.0. The van der Waals surface area contributed by atoms with Crippen LogP contribution in [0.15, 0.2) is 108 Å². The topological polar surface area (TPSA) is 254 Å². The Balaban J connectivity index is 0.000000268. The average molecular weight is 1900 g/mol. The number of carbonyl (C=O) groups is 3. The van der Waals surface area contributed by atoms with Gasteiger partial charge in [0.1, 0.15) is 59.2 Å². The molecule has 1 aliphatic rings. The zero-order chi connectivity index (χ0) is 89.9. The summed E-state index contributed by atoms with van der Waals surface area (Å²) in [6.45, 7) is 14.1. The van der Waals surface area contributed by atoms with Gasteiger partial charge >= 0.3 is 285 Å². The van der Waals surface area contributed by atoms with Gasteiger partial charge in [0.2, 0.25) is 11.5 Å². The van der Waals surface area contributed by atoms with Gasteiger partial charge in [0.15, 0.2) is 69.8 Å². The van der Waals surface area contributed by atoms with Crippen molar-refractivity contribution < 1.29 is 159 Å². The molecule has 15 nitrogen and oxygen atoms in total. The predicted molar refractivity (Wildman–Crippen MR) is 332 cm³/mol. The van der Waals surface area contributed by atoms with Gasteiger partial charge in [-0.3, -0.25) is 0 Å². The fourth-order valence-corrected chi connectivity index (χ4v) is 13.1. The fourth-order valence-electron chi connectivity index (χ4n) is 9.83. The SMILES string of the molecule is N#CC(C#N)=c1ccc2cc(=C(C#N)C#N)ccc2c1.O=C([O][Bi]([O]C(=O)c1cc(C(F)(F)F)cc(C(F)(F)F)c1)[O]C(=O)c1cc(C(F)(F)F)cc(C(F)(F)F)c1)c1cc(C(F)(F)F)cc(C(F)(F)F)c1.[C-]#[N+]C(=C1C(=C(C#N)c2c(F)c(F)c(F)c(F)c2F)C1=C(C#N)c1c(F)c(F)c([N+]#[C-])c(F)c1F)c1c(F)c(F)c(C#N)c(F)c1F. The van der Waals surface area contributed by atoms with E-state index in [4.69, 9.17) is 39.5 Å². The summed E-state index contributed by atoms with van der Waals surface area (Å²) in [5, 5.41) is 66.5. The first-order chi connectivity index (χ1) is 55.1. The minimum atomic E-state index is -6.36. The van der Waals surface area contributed by atoms with Crippen molar-refractivity contribution in [1.82, 2.24) is 0 Å². The number of alkyl halides is 18. The Morgan fingerprint density at radius 2 is 0.588 bits per heavy atom. The minimum Gasteiger partial charge on any atom is -0.237 e. The number of fused-ring (bicyclic) bond motifs is 1. The molecule has 0 atom stereocenters. The van der Waals surface area contributed by atoms with Gasteiger partial charge in [-0.15, -0.1) is 0 Å². The molecule has 0 aromatic heterocycles. The summed E-state index contributed by atoms with van der Waals surface area (Å²) in [6.07, 6.45) is -33.7. The van der Waals surface area contributed by atoms with Crippen LogP contribution in [0.5, 0.6) is 0 Å². The van der Waals surface area contributed by atoms with E-state index in [1.54, 1.807) is 36.4 Å². The van der Waals surface area contributed by atoms with Crippen molar-refractivity contribution in [2.24, 2.45) is 0 Å². The number of halogens is 31. The second-order valence-corrected chi connectivity index (χ2v) is 26.3. The van der Waals surface area contributed by atoms with Crippen molar-refractivity contribution in [3.05, 3.63) is 289 Å². The molecule has 0 amide bonds. The summed E-state index contributed by atoms with van der Waals surface area (Å²) in [4.78, 5) is 42.9. The summed E-state index contributed by atoms with van der Waals surface area (Å²) in [6, 6.07) is 16.9. The van der Waals surface area contributed by atoms with E-state index in [0.29, 0.717) is 10.4 Å². The molecule has 47 heteroatoms. The summed E-state index contributed by atoms with van der Waals surface area (Å²) >= 11 is -6.36. The molecule has 0 aliphatic heterocycles. The maximum atomic E-state index is 15.0. The Bertz CT molecular complexity index is 5740. The van der Waals surface area contributed by atoms with Crippen LogP contribution in [0.2, 0.25) is 0 Å². The van der Waals surface area contributed by atoms with Crippen LogP contribution in [0.1, 0.15) is 86.7 Å². The van der Waals surface area contributed by atoms with E-state index < -0.39 is 283 Å². The summed E-state index contributed by atoms with van der Waals surface area (Å²) in [7, 11) is 0. The number of hydrogen-bond acceptors (Lipinski definition) is 13. The Hall–Kier alpha value is -14.5. The summed E-state index contributed by atoms with van der Waals surface area (Å²) < 4.78 is 442. The molecule has 0 spiro atoms. The number of carbonyl (C=O) groups excluding carboxylic acids is 3. The van der Waals surface area contributed by atoms with Gasteiger partial charge in [-0.05, 0) is 39.6 Å². The molecule has 8 aromatic carbocycles. The number of rotatable bonds is 9.